The van der Waals surface area contributed by atoms with E-state index in [4.69, 9.17) is 0 Å². The number of rotatable bonds is 4. The molecule has 3 rings (SSSR count). The van der Waals surface area contributed by atoms with Crippen molar-refractivity contribution in [2.24, 2.45) is 0 Å². The second-order valence-corrected chi connectivity index (χ2v) is 6.20. The van der Waals surface area contributed by atoms with E-state index in [9.17, 15) is 4.79 Å². The third kappa shape index (κ3) is 3.30. The number of para-hydroxylation sites is 1. The average Bonchev–Trinajstić information content (AvgIpc) is 3.27. The van der Waals surface area contributed by atoms with E-state index >= 15 is 0 Å². The maximum Gasteiger partial charge on any atom is 0.319 e. The molecule has 2 unspecified atom stereocenters. The Bertz CT molecular complexity index is 651. The molecule has 0 aliphatic heterocycles. The van der Waals surface area contributed by atoms with Gasteiger partial charge in [0.25, 0.3) is 0 Å². The Balaban J connectivity index is 1.58. The van der Waals surface area contributed by atoms with E-state index in [1.165, 1.54) is 5.56 Å². The van der Waals surface area contributed by atoms with Crippen molar-refractivity contribution in [1.82, 2.24) is 5.32 Å². The van der Waals surface area contributed by atoms with E-state index < -0.39 is 0 Å². The molecular formula is C19H22N2O. The maximum absolute atomic E-state index is 12.2. The monoisotopic (exact) mass is 294 g/mol. The van der Waals surface area contributed by atoms with Crippen molar-refractivity contribution in [3.05, 3.63) is 65.7 Å². The molecule has 1 aliphatic carbocycles. The van der Waals surface area contributed by atoms with Crippen molar-refractivity contribution in [3.63, 3.8) is 0 Å². The Morgan fingerprint density at radius 1 is 1.05 bits per heavy atom. The van der Waals surface area contributed by atoms with Gasteiger partial charge in [-0.05, 0) is 29.5 Å². The SMILES string of the molecule is CC(C)c1ccccc1NC(=O)NC1CC1c1ccccc1. The van der Waals surface area contributed by atoms with Crippen molar-refractivity contribution < 1.29 is 4.79 Å². The van der Waals surface area contributed by atoms with Gasteiger partial charge in [0, 0.05) is 17.6 Å². The van der Waals surface area contributed by atoms with Gasteiger partial charge in [-0.2, -0.15) is 0 Å². The van der Waals surface area contributed by atoms with Crippen LogP contribution in [0.2, 0.25) is 0 Å². The first-order valence-electron chi connectivity index (χ1n) is 7.86. The molecule has 0 heterocycles. The molecule has 0 saturated heterocycles. The van der Waals surface area contributed by atoms with Gasteiger partial charge in [-0.1, -0.05) is 62.4 Å². The predicted octanol–water partition coefficient (Wildman–Crippen LogP) is 4.49. The number of hydrogen-bond acceptors (Lipinski definition) is 1. The van der Waals surface area contributed by atoms with Gasteiger partial charge in [0.15, 0.2) is 0 Å². The molecule has 2 aromatic rings. The molecule has 0 bridgehead atoms. The summed E-state index contributed by atoms with van der Waals surface area (Å²) in [4.78, 5) is 12.2. The van der Waals surface area contributed by atoms with Crippen LogP contribution in [0.4, 0.5) is 10.5 Å². The Morgan fingerprint density at radius 2 is 1.73 bits per heavy atom. The van der Waals surface area contributed by atoms with E-state index in [-0.39, 0.29) is 12.1 Å². The first kappa shape index (κ1) is 14.6. The second kappa shape index (κ2) is 6.22. The summed E-state index contributed by atoms with van der Waals surface area (Å²) in [5.74, 6) is 0.835. The van der Waals surface area contributed by atoms with Gasteiger partial charge in [-0.15, -0.1) is 0 Å². The number of hydrogen-bond donors (Lipinski definition) is 2. The van der Waals surface area contributed by atoms with Crippen LogP contribution in [0.25, 0.3) is 0 Å². The zero-order valence-corrected chi connectivity index (χ0v) is 13.0. The minimum Gasteiger partial charge on any atom is -0.334 e. The molecule has 1 fully saturated rings. The molecule has 3 heteroatoms. The molecule has 3 nitrogen and oxygen atoms in total. The topological polar surface area (TPSA) is 41.1 Å². The van der Waals surface area contributed by atoms with E-state index in [0.717, 1.165) is 17.7 Å². The van der Waals surface area contributed by atoms with Crippen LogP contribution in [0.15, 0.2) is 54.6 Å². The number of anilines is 1. The lowest BCUT2D eigenvalue weighted by molar-refractivity contribution is 0.251. The lowest BCUT2D eigenvalue weighted by Crippen LogP contribution is -2.31. The smallest absolute Gasteiger partial charge is 0.319 e. The lowest BCUT2D eigenvalue weighted by atomic mass is 10.0. The van der Waals surface area contributed by atoms with Crippen LogP contribution >= 0.6 is 0 Å². The number of benzene rings is 2. The summed E-state index contributed by atoms with van der Waals surface area (Å²) in [7, 11) is 0. The van der Waals surface area contributed by atoms with Crippen molar-refractivity contribution in [3.8, 4) is 0 Å². The summed E-state index contributed by atoms with van der Waals surface area (Å²) in [6.07, 6.45) is 1.02. The molecule has 2 N–H and O–H groups in total. The van der Waals surface area contributed by atoms with Gasteiger partial charge in [-0.3, -0.25) is 0 Å². The number of urea groups is 1. The third-order valence-electron chi connectivity index (χ3n) is 4.17. The summed E-state index contributed by atoms with van der Waals surface area (Å²) >= 11 is 0. The highest BCUT2D eigenvalue weighted by molar-refractivity contribution is 5.90. The summed E-state index contributed by atoms with van der Waals surface area (Å²) in [5.41, 5.74) is 3.36. The number of nitrogens with one attached hydrogen (secondary N) is 2. The average molecular weight is 294 g/mol. The minimum atomic E-state index is -0.114. The molecule has 2 atom stereocenters. The molecule has 2 amide bonds. The molecule has 1 saturated carbocycles. The minimum absolute atomic E-state index is 0.114. The fourth-order valence-electron chi connectivity index (χ4n) is 2.86. The summed E-state index contributed by atoms with van der Waals surface area (Å²) in [6, 6.07) is 18.5. The van der Waals surface area contributed by atoms with Gasteiger partial charge < -0.3 is 10.6 Å². The van der Waals surface area contributed by atoms with Crippen molar-refractivity contribution in [2.75, 3.05) is 5.32 Å². The molecule has 2 aromatic carbocycles. The first-order chi connectivity index (χ1) is 10.6. The van der Waals surface area contributed by atoms with Gasteiger partial charge >= 0.3 is 6.03 Å². The van der Waals surface area contributed by atoms with Crippen LogP contribution in [0.5, 0.6) is 0 Å². The summed E-state index contributed by atoms with van der Waals surface area (Å²) in [6.45, 7) is 4.26. The van der Waals surface area contributed by atoms with E-state index in [1.807, 2.05) is 36.4 Å². The van der Waals surface area contributed by atoms with Crippen LogP contribution in [-0.2, 0) is 0 Å². The standard InChI is InChI=1S/C19H22N2O/c1-13(2)15-10-6-7-11-17(15)20-19(22)21-18-12-16(18)14-8-4-3-5-9-14/h3-11,13,16,18H,12H2,1-2H3,(H2,20,21,22). The first-order valence-corrected chi connectivity index (χ1v) is 7.86. The highest BCUT2D eigenvalue weighted by Crippen LogP contribution is 2.40. The van der Waals surface area contributed by atoms with Crippen LogP contribution in [0.3, 0.4) is 0 Å². The number of carbonyl (C=O) groups is 1. The lowest BCUT2D eigenvalue weighted by Gasteiger charge is -2.14. The largest absolute Gasteiger partial charge is 0.334 e. The van der Waals surface area contributed by atoms with Gasteiger partial charge in [0.1, 0.15) is 0 Å². The van der Waals surface area contributed by atoms with Gasteiger partial charge in [0.05, 0.1) is 0 Å². The molecular weight excluding hydrogens is 272 g/mol. The van der Waals surface area contributed by atoms with E-state index in [0.29, 0.717) is 11.8 Å². The van der Waals surface area contributed by atoms with E-state index in [2.05, 4.69) is 42.7 Å². The van der Waals surface area contributed by atoms with Crippen LogP contribution in [0, 0.1) is 0 Å². The molecule has 114 valence electrons. The van der Waals surface area contributed by atoms with Crippen LogP contribution < -0.4 is 10.6 Å². The van der Waals surface area contributed by atoms with Crippen LogP contribution in [0.1, 0.15) is 43.2 Å². The molecule has 0 radical (unpaired) electrons. The molecule has 1 aliphatic rings. The van der Waals surface area contributed by atoms with Crippen molar-refractivity contribution in [1.29, 1.82) is 0 Å². The quantitative estimate of drug-likeness (QED) is 0.857. The van der Waals surface area contributed by atoms with Gasteiger partial charge in [0.2, 0.25) is 0 Å². The predicted molar refractivity (Wildman–Crippen MR) is 90.3 cm³/mol. The van der Waals surface area contributed by atoms with Crippen molar-refractivity contribution >= 4 is 11.7 Å². The Labute approximate surface area is 131 Å². The highest BCUT2D eigenvalue weighted by atomic mass is 16.2. The second-order valence-electron chi connectivity index (χ2n) is 6.20. The maximum atomic E-state index is 12.2. The zero-order chi connectivity index (χ0) is 15.5. The van der Waals surface area contributed by atoms with Crippen molar-refractivity contribution in [2.45, 2.75) is 38.1 Å². The Morgan fingerprint density at radius 3 is 2.45 bits per heavy atom. The van der Waals surface area contributed by atoms with Crippen LogP contribution in [-0.4, -0.2) is 12.1 Å². The molecule has 0 aromatic heterocycles. The highest BCUT2D eigenvalue weighted by Gasteiger charge is 2.39. The fourth-order valence-corrected chi connectivity index (χ4v) is 2.86. The zero-order valence-electron chi connectivity index (χ0n) is 13.0. The Hall–Kier alpha value is -2.29. The summed E-state index contributed by atoms with van der Waals surface area (Å²) < 4.78 is 0. The molecule has 0 spiro atoms. The third-order valence-corrected chi connectivity index (χ3v) is 4.17. The normalized spacial score (nSPS) is 19.8. The number of carbonyl (C=O) groups excluding carboxylic acids is 1. The fraction of sp³-hybridized carbons (Fsp3) is 0.316. The Kier molecular flexibility index (Phi) is 4.14. The molecule has 22 heavy (non-hydrogen) atoms. The summed E-state index contributed by atoms with van der Waals surface area (Å²) in [5, 5.41) is 6.05. The number of amides is 2. The van der Waals surface area contributed by atoms with Gasteiger partial charge in [-0.25, -0.2) is 4.79 Å². The van der Waals surface area contributed by atoms with E-state index in [1.54, 1.807) is 0 Å².